The molecule has 0 heterocycles. The van der Waals surface area contributed by atoms with E-state index in [9.17, 15) is 4.79 Å². The number of aryl methyl sites for hydroxylation is 1. The smallest absolute Gasteiger partial charge is 0.249 e. The first kappa shape index (κ1) is 13.3. The zero-order valence-electron chi connectivity index (χ0n) is 12.5. The van der Waals surface area contributed by atoms with Crippen LogP contribution in [0.4, 0.5) is 0 Å². The maximum atomic E-state index is 12.7. The van der Waals surface area contributed by atoms with Gasteiger partial charge in [-0.25, -0.2) is 0 Å². The van der Waals surface area contributed by atoms with E-state index in [1.165, 1.54) is 17.5 Å². The Balaban J connectivity index is 1.48. The van der Waals surface area contributed by atoms with Gasteiger partial charge in [-0.2, -0.15) is 0 Å². The number of ether oxygens (including phenoxy) is 1. The first-order chi connectivity index (χ1) is 10.3. The van der Waals surface area contributed by atoms with Gasteiger partial charge in [0.15, 0.2) is 0 Å². The highest BCUT2D eigenvalue weighted by Crippen LogP contribution is 2.41. The quantitative estimate of drug-likeness (QED) is 0.831. The predicted molar refractivity (Wildman–Crippen MR) is 81.0 cm³/mol. The van der Waals surface area contributed by atoms with E-state index in [0.717, 1.165) is 38.5 Å². The number of fused-ring (bicyclic) bond motifs is 1. The van der Waals surface area contributed by atoms with Crippen LogP contribution in [0.3, 0.4) is 0 Å². The van der Waals surface area contributed by atoms with Crippen molar-refractivity contribution in [3.05, 3.63) is 35.4 Å². The largest absolute Gasteiger partial charge is 0.368 e. The number of hydrogen-bond acceptors (Lipinski definition) is 2. The third kappa shape index (κ3) is 2.59. The summed E-state index contributed by atoms with van der Waals surface area (Å²) in [7, 11) is 0. The van der Waals surface area contributed by atoms with Gasteiger partial charge in [0.1, 0.15) is 6.61 Å². The van der Waals surface area contributed by atoms with Crippen molar-refractivity contribution in [1.29, 1.82) is 0 Å². The number of amides is 1. The van der Waals surface area contributed by atoms with Crippen molar-refractivity contribution in [3.63, 3.8) is 0 Å². The molecule has 0 N–H and O–H groups in total. The third-order valence-corrected chi connectivity index (χ3v) is 5.16. The fraction of sp³-hybridized carbons (Fsp3) is 0.611. The Kier molecular flexibility index (Phi) is 3.46. The Bertz CT molecular complexity index is 534. The second-order valence-corrected chi connectivity index (χ2v) is 6.65. The van der Waals surface area contributed by atoms with E-state index in [1.807, 2.05) is 0 Å². The molecule has 21 heavy (non-hydrogen) atoms. The van der Waals surface area contributed by atoms with Gasteiger partial charge in [0, 0.05) is 6.04 Å². The van der Waals surface area contributed by atoms with Gasteiger partial charge in [-0.1, -0.05) is 24.3 Å². The molecule has 3 aliphatic rings. The summed E-state index contributed by atoms with van der Waals surface area (Å²) in [6, 6.07) is 9.34. The lowest BCUT2D eigenvalue weighted by molar-refractivity contribution is -0.143. The molecular weight excluding hydrogens is 262 g/mol. The molecule has 2 saturated carbocycles. The molecule has 3 heteroatoms. The molecule has 0 saturated heterocycles. The van der Waals surface area contributed by atoms with E-state index in [0.29, 0.717) is 12.1 Å². The van der Waals surface area contributed by atoms with Gasteiger partial charge < -0.3 is 9.64 Å². The van der Waals surface area contributed by atoms with Crippen LogP contribution in [0.5, 0.6) is 0 Å². The minimum absolute atomic E-state index is 0.200. The van der Waals surface area contributed by atoms with Crippen molar-refractivity contribution >= 4 is 5.91 Å². The number of carbonyl (C=O) groups excluding carboxylic acids is 1. The van der Waals surface area contributed by atoms with Crippen LogP contribution in [-0.4, -0.2) is 29.6 Å². The standard InChI is InChI=1S/C18H23NO2/c20-18(12-21-15-5-3-6-15)19(14-9-10-14)17-11-8-13-4-1-2-7-16(13)17/h1-2,4,7,14-15,17H,3,5-6,8-12H2. The van der Waals surface area contributed by atoms with Crippen molar-refractivity contribution in [3.8, 4) is 0 Å². The van der Waals surface area contributed by atoms with E-state index in [2.05, 4.69) is 29.2 Å². The zero-order chi connectivity index (χ0) is 14.2. The van der Waals surface area contributed by atoms with Crippen LogP contribution in [0.1, 0.15) is 55.7 Å². The number of rotatable bonds is 5. The molecule has 0 aliphatic heterocycles. The average Bonchev–Trinajstić information content (AvgIpc) is 3.18. The van der Waals surface area contributed by atoms with Gasteiger partial charge in [0.05, 0.1) is 12.1 Å². The van der Waals surface area contributed by atoms with Crippen LogP contribution < -0.4 is 0 Å². The molecule has 3 aliphatic carbocycles. The molecule has 1 atom stereocenters. The van der Waals surface area contributed by atoms with Crippen molar-refractivity contribution < 1.29 is 9.53 Å². The number of nitrogens with zero attached hydrogens (tertiary/aromatic N) is 1. The minimum Gasteiger partial charge on any atom is -0.368 e. The molecule has 1 aromatic rings. The van der Waals surface area contributed by atoms with Crippen molar-refractivity contribution in [2.24, 2.45) is 0 Å². The highest BCUT2D eigenvalue weighted by atomic mass is 16.5. The van der Waals surface area contributed by atoms with Gasteiger partial charge in [-0.3, -0.25) is 4.79 Å². The van der Waals surface area contributed by atoms with E-state index in [4.69, 9.17) is 4.74 Å². The first-order valence-corrected chi connectivity index (χ1v) is 8.33. The van der Waals surface area contributed by atoms with Gasteiger partial charge in [-0.15, -0.1) is 0 Å². The molecule has 1 amide bonds. The first-order valence-electron chi connectivity index (χ1n) is 8.33. The Morgan fingerprint density at radius 3 is 2.67 bits per heavy atom. The normalized spacial score (nSPS) is 24.5. The summed E-state index contributed by atoms with van der Waals surface area (Å²) in [5.41, 5.74) is 2.78. The van der Waals surface area contributed by atoms with E-state index >= 15 is 0 Å². The van der Waals surface area contributed by atoms with Crippen molar-refractivity contribution in [2.75, 3.05) is 6.61 Å². The maximum absolute atomic E-state index is 12.7. The Labute approximate surface area is 126 Å². The number of hydrogen-bond donors (Lipinski definition) is 0. The van der Waals surface area contributed by atoms with Gasteiger partial charge in [0.2, 0.25) is 5.91 Å². The minimum atomic E-state index is 0.200. The van der Waals surface area contributed by atoms with Crippen molar-refractivity contribution in [1.82, 2.24) is 4.90 Å². The monoisotopic (exact) mass is 285 g/mol. The molecule has 1 aromatic carbocycles. The lowest BCUT2D eigenvalue weighted by Gasteiger charge is -2.32. The maximum Gasteiger partial charge on any atom is 0.249 e. The molecule has 0 radical (unpaired) electrons. The summed E-state index contributed by atoms with van der Waals surface area (Å²) in [4.78, 5) is 14.8. The lowest BCUT2D eigenvalue weighted by atomic mass is 9.96. The Morgan fingerprint density at radius 2 is 1.95 bits per heavy atom. The van der Waals surface area contributed by atoms with Gasteiger partial charge in [0.25, 0.3) is 0 Å². The highest BCUT2D eigenvalue weighted by Gasteiger charge is 2.40. The number of carbonyl (C=O) groups is 1. The second-order valence-electron chi connectivity index (χ2n) is 6.65. The van der Waals surface area contributed by atoms with Gasteiger partial charge >= 0.3 is 0 Å². The summed E-state index contributed by atoms with van der Waals surface area (Å²) in [6.45, 7) is 0.278. The topological polar surface area (TPSA) is 29.5 Å². The van der Waals surface area contributed by atoms with Crippen molar-refractivity contribution in [2.45, 2.75) is 63.1 Å². The molecule has 1 unspecified atom stereocenters. The predicted octanol–water partition coefficient (Wildman–Crippen LogP) is 3.23. The zero-order valence-corrected chi connectivity index (χ0v) is 12.5. The van der Waals surface area contributed by atoms with Gasteiger partial charge in [-0.05, 0) is 56.1 Å². The van der Waals surface area contributed by atoms with Crippen LogP contribution in [0.15, 0.2) is 24.3 Å². The summed E-state index contributed by atoms with van der Waals surface area (Å²) in [5.74, 6) is 0.200. The molecule has 0 spiro atoms. The SMILES string of the molecule is O=C(COC1CCC1)N(C1CC1)C1CCc2ccccc21. The molecule has 112 valence electrons. The summed E-state index contributed by atoms with van der Waals surface area (Å²) < 4.78 is 5.75. The molecule has 4 rings (SSSR count). The van der Waals surface area contributed by atoms with E-state index < -0.39 is 0 Å². The van der Waals surface area contributed by atoms with Crippen LogP contribution in [0.2, 0.25) is 0 Å². The van der Waals surface area contributed by atoms with Crippen LogP contribution >= 0.6 is 0 Å². The van der Waals surface area contributed by atoms with Crippen LogP contribution in [0, 0.1) is 0 Å². The van der Waals surface area contributed by atoms with Crippen LogP contribution in [-0.2, 0) is 16.0 Å². The fourth-order valence-corrected chi connectivity index (χ4v) is 3.61. The highest BCUT2D eigenvalue weighted by molar-refractivity contribution is 5.79. The summed E-state index contributed by atoms with van der Waals surface area (Å²) in [6.07, 6.45) is 8.34. The van der Waals surface area contributed by atoms with Crippen LogP contribution in [0.25, 0.3) is 0 Å². The Morgan fingerprint density at radius 1 is 1.14 bits per heavy atom. The number of benzene rings is 1. The molecule has 3 nitrogen and oxygen atoms in total. The molecule has 2 fully saturated rings. The summed E-state index contributed by atoms with van der Waals surface area (Å²) >= 11 is 0. The lowest BCUT2D eigenvalue weighted by Crippen LogP contribution is -2.39. The van der Waals surface area contributed by atoms with E-state index in [1.54, 1.807) is 0 Å². The molecule has 0 aromatic heterocycles. The third-order valence-electron chi connectivity index (χ3n) is 5.16. The fourth-order valence-electron chi connectivity index (χ4n) is 3.61. The molecular formula is C18H23NO2. The van der Waals surface area contributed by atoms with E-state index in [-0.39, 0.29) is 18.6 Å². The summed E-state index contributed by atoms with van der Waals surface area (Å²) in [5, 5.41) is 0. The average molecular weight is 285 g/mol. The molecule has 0 bridgehead atoms. The Hall–Kier alpha value is -1.35. The second kappa shape index (κ2) is 5.45.